The van der Waals surface area contributed by atoms with Crippen molar-refractivity contribution in [3.63, 3.8) is 0 Å². The molecule has 1 saturated heterocycles. The lowest BCUT2D eigenvalue weighted by Crippen LogP contribution is -2.37. The van der Waals surface area contributed by atoms with Gasteiger partial charge in [0.1, 0.15) is 12.8 Å². The number of alkyl halides is 1. The molecule has 3 amide bonds. The van der Waals surface area contributed by atoms with Gasteiger partial charge in [0.05, 0.1) is 25.6 Å². The lowest BCUT2D eigenvalue weighted by Gasteiger charge is -2.23. The Bertz CT molecular complexity index is 724. The first-order valence-electron chi connectivity index (χ1n) is 8.14. The van der Waals surface area contributed by atoms with Gasteiger partial charge >= 0.3 is 6.09 Å². The highest BCUT2D eigenvalue weighted by atomic mass is 19.1. The first-order chi connectivity index (χ1) is 11.9. The van der Waals surface area contributed by atoms with Gasteiger partial charge in [-0.25, -0.2) is 9.18 Å². The van der Waals surface area contributed by atoms with Gasteiger partial charge in [0.25, 0.3) is 0 Å². The number of rotatable bonds is 5. The highest BCUT2D eigenvalue weighted by Gasteiger charge is 2.35. The van der Waals surface area contributed by atoms with Crippen LogP contribution in [0.15, 0.2) is 18.2 Å². The molecular formula is C17H20FN3O4. The van der Waals surface area contributed by atoms with Crippen LogP contribution in [0.4, 0.5) is 20.6 Å². The van der Waals surface area contributed by atoms with Gasteiger partial charge in [-0.15, -0.1) is 0 Å². The molecule has 1 N–H and O–H groups in total. The quantitative estimate of drug-likeness (QED) is 0.871. The first-order valence-corrected chi connectivity index (χ1v) is 8.14. The molecule has 1 aromatic carbocycles. The van der Waals surface area contributed by atoms with Crippen LogP contribution >= 0.6 is 0 Å². The average Bonchev–Trinajstić information content (AvgIpc) is 3.10. The molecule has 0 bridgehead atoms. The second-order valence-corrected chi connectivity index (χ2v) is 6.31. The number of carbonyl (C=O) groups is 3. The van der Waals surface area contributed by atoms with Gasteiger partial charge in [0.2, 0.25) is 11.8 Å². The van der Waals surface area contributed by atoms with E-state index in [4.69, 9.17) is 4.74 Å². The maximum absolute atomic E-state index is 13.0. The van der Waals surface area contributed by atoms with Gasteiger partial charge in [0.15, 0.2) is 0 Å². The van der Waals surface area contributed by atoms with Gasteiger partial charge in [-0.05, 0) is 30.7 Å². The molecule has 0 spiro atoms. The molecule has 0 radical (unpaired) electrons. The van der Waals surface area contributed by atoms with Crippen LogP contribution in [0.3, 0.4) is 0 Å². The highest BCUT2D eigenvalue weighted by molar-refractivity contribution is 6.03. The standard InChI is InChI=1S/C17H20FN3O4/c1-10(7-18)21-15-4-3-13(5-12(15)6-16(21)23)20-9-14(25-17(20)24)8-19-11(2)22/h3-5,10,14H,6-9H2,1-2H3,(H,19,22)/t10?,14-/m0/s1. The van der Waals surface area contributed by atoms with E-state index in [1.54, 1.807) is 25.1 Å². The molecule has 1 fully saturated rings. The van der Waals surface area contributed by atoms with Gasteiger partial charge in [-0.3, -0.25) is 14.5 Å². The lowest BCUT2D eigenvalue weighted by molar-refractivity contribution is -0.119. The Balaban J connectivity index is 1.77. The number of nitrogens with one attached hydrogen (secondary N) is 1. The van der Waals surface area contributed by atoms with Crippen molar-refractivity contribution in [1.82, 2.24) is 5.32 Å². The summed E-state index contributed by atoms with van der Waals surface area (Å²) in [5.74, 6) is -0.336. The molecule has 0 aliphatic carbocycles. The van der Waals surface area contributed by atoms with Crippen molar-refractivity contribution in [1.29, 1.82) is 0 Å². The third-order valence-corrected chi connectivity index (χ3v) is 4.36. The largest absolute Gasteiger partial charge is 0.442 e. The van der Waals surface area contributed by atoms with Crippen LogP contribution in [-0.2, 0) is 20.7 Å². The number of benzene rings is 1. The van der Waals surface area contributed by atoms with E-state index >= 15 is 0 Å². The Morgan fingerprint density at radius 1 is 1.44 bits per heavy atom. The molecule has 8 heteroatoms. The molecule has 2 aliphatic rings. The first kappa shape index (κ1) is 17.2. The summed E-state index contributed by atoms with van der Waals surface area (Å²) in [4.78, 5) is 38.1. The van der Waals surface area contributed by atoms with Crippen molar-refractivity contribution < 1.29 is 23.5 Å². The SMILES string of the molecule is CC(=O)NC[C@H]1CN(c2ccc3c(c2)CC(=O)N3C(C)CF)C(=O)O1. The zero-order valence-corrected chi connectivity index (χ0v) is 14.1. The lowest BCUT2D eigenvalue weighted by atomic mass is 10.1. The Morgan fingerprint density at radius 2 is 2.20 bits per heavy atom. The predicted octanol–water partition coefficient (Wildman–Crippen LogP) is 1.39. The van der Waals surface area contributed by atoms with E-state index in [0.29, 0.717) is 17.9 Å². The smallest absolute Gasteiger partial charge is 0.414 e. The normalized spacial score (nSPS) is 20.5. The predicted molar refractivity (Wildman–Crippen MR) is 89.4 cm³/mol. The van der Waals surface area contributed by atoms with Crippen molar-refractivity contribution in [3.05, 3.63) is 23.8 Å². The van der Waals surface area contributed by atoms with Crippen molar-refractivity contribution in [3.8, 4) is 0 Å². The molecule has 2 atom stereocenters. The molecule has 0 saturated carbocycles. The monoisotopic (exact) mass is 349 g/mol. The molecule has 25 heavy (non-hydrogen) atoms. The van der Waals surface area contributed by atoms with Gasteiger partial charge < -0.3 is 15.0 Å². The van der Waals surface area contributed by atoms with E-state index in [1.165, 1.54) is 16.7 Å². The number of amides is 3. The van der Waals surface area contributed by atoms with E-state index in [1.807, 2.05) is 0 Å². The van der Waals surface area contributed by atoms with Crippen LogP contribution in [0.1, 0.15) is 19.4 Å². The number of carbonyl (C=O) groups excluding carboxylic acids is 3. The number of ether oxygens (including phenoxy) is 1. The molecule has 134 valence electrons. The van der Waals surface area contributed by atoms with Crippen molar-refractivity contribution >= 4 is 29.3 Å². The van der Waals surface area contributed by atoms with Crippen molar-refractivity contribution in [2.24, 2.45) is 0 Å². The number of halogens is 1. The fourth-order valence-corrected chi connectivity index (χ4v) is 3.15. The van der Waals surface area contributed by atoms with Gasteiger partial charge in [0, 0.05) is 18.3 Å². The second kappa shape index (κ2) is 6.70. The van der Waals surface area contributed by atoms with Gasteiger partial charge in [-0.2, -0.15) is 0 Å². The molecular weight excluding hydrogens is 329 g/mol. The number of cyclic esters (lactones) is 1. The van der Waals surface area contributed by atoms with Crippen molar-refractivity contribution in [2.45, 2.75) is 32.4 Å². The second-order valence-electron chi connectivity index (χ2n) is 6.31. The molecule has 0 aromatic heterocycles. The van der Waals surface area contributed by atoms with Crippen LogP contribution in [-0.4, -0.2) is 49.8 Å². The number of hydrogen-bond acceptors (Lipinski definition) is 4. The zero-order valence-electron chi connectivity index (χ0n) is 14.1. The van der Waals surface area contributed by atoms with E-state index < -0.39 is 24.9 Å². The van der Waals surface area contributed by atoms with Crippen LogP contribution in [0, 0.1) is 0 Å². The number of anilines is 2. The number of nitrogens with zero attached hydrogens (tertiary/aromatic N) is 2. The fraction of sp³-hybridized carbons (Fsp3) is 0.471. The van der Waals surface area contributed by atoms with Crippen LogP contribution in [0.5, 0.6) is 0 Å². The number of fused-ring (bicyclic) bond motifs is 1. The molecule has 7 nitrogen and oxygen atoms in total. The third kappa shape index (κ3) is 3.29. The summed E-state index contributed by atoms with van der Waals surface area (Å²) >= 11 is 0. The fourth-order valence-electron chi connectivity index (χ4n) is 3.15. The molecule has 1 unspecified atom stereocenters. The summed E-state index contributed by atoms with van der Waals surface area (Å²) in [5.41, 5.74) is 2.07. The maximum atomic E-state index is 13.0. The van der Waals surface area contributed by atoms with E-state index in [-0.39, 0.29) is 24.8 Å². The summed E-state index contributed by atoms with van der Waals surface area (Å²) in [5, 5.41) is 2.62. The summed E-state index contributed by atoms with van der Waals surface area (Å²) in [6.07, 6.45) is -0.728. The summed E-state index contributed by atoms with van der Waals surface area (Å²) in [6, 6.07) is 4.70. The van der Waals surface area contributed by atoms with E-state index in [9.17, 15) is 18.8 Å². The van der Waals surface area contributed by atoms with Crippen molar-refractivity contribution in [2.75, 3.05) is 29.6 Å². The van der Waals surface area contributed by atoms with Gasteiger partial charge in [-0.1, -0.05) is 0 Å². The zero-order chi connectivity index (χ0) is 18.1. The van der Waals surface area contributed by atoms with Crippen LogP contribution < -0.4 is 15.1 Å². The molecule has 2 heterocycles. The Kier molecular flexibility index (Phi) is 4.61. The minimum absolute atomic E-state index is 0.148. The summed E-state index contributed by atoms with van der Waals surface area (Å²) in [7, 11) is 0. The topological polar surface area (TPSA) is 79.0 Å². The minimum atomic E-state index is -0.615. The highest BCUT2D eigenvalue weighted by Crippen LogP contribution is 2.34. The molecule has 1 aromatic rings. The Morgan fingerprint density at radius 3 is 2.88 bits per heavy atom. The third-order valence-electron chi connectivity index (χ3n) is 4.36. The minimum Gasteiger partial charge on any atom is -0.442 e. The van der Waals surface area contributed by atoms with E-state index in [2.05, 4.69) is 5.32 Å². The Hall–Kier alpha value is -2.64. The summed E-state index contributed by atoms with van der Waals surface area (Å²) in [6.45, 7) is 3.01. The maximum Gasteiger partial charge on any atom is 0.414 e. The molecule has 3 rings (SSSR count). The Labute approximate surface area is 144 Å². The molecule has 2 aliphatic heterocycles. The average molecular weight is 349 g/mol. The van der Waals surface area contributed by atoms with E-state index in [0.717, 1.165) is 5.56 Å². The summed E-state index contributed by atoms with van der Waals surface area (Å²) < 4.78 is 18.2. The van der Waals surface area contributed by atoms with Crippen LogP contribution in [0.2, 0.25) is 0 Å². The number of hydrogen-bond donors (Lipinski definition) is 1. The van der Waals surface area contributed by atoms with Crippen LogP contribution in [0.25, 0.3) is 0 Å².